The van der Waals surface area contributed by atoms with Gasteiger partial charge in [0.25, 0.3) is 0 Å². The van der Waals surface area contributed by atoms with Gasteiger partial charge >= 0.3 is 0 Å². The first-order valence-corrected chi connectivity index (χ1v) is 4.48. The molecule has 1 aromatic rings. The van der Waals surface area contributed by atoms with Crippen molar-refractivity contribution in [1.29, 1.82) is 0 Å². The van der Waals surface area contributed by atoms with Crippen LogP contribution in [0.4, 0.5) is 5.69 Å². The van der Waals surface area contributed by atoms with Crippen LogP contribution in [0.5, 0.6) is 0 Å². The van der Waals surface area contributed by atoms with Crippen molar-refractivity contribution in [1.82, 2.24) is 5.32 Å². The number of carbonyl (C=O) groups is 1. The zero-order chi connectivity index (χ0) is 10.4. The molecule has 0 spiro atoms. The maximum Gasteiger partial charge on any atom is 0.243 e. The first-order chi connectivity index (χ1) is 6.74. The van der Waals surface area contributed by atoms with E-state index in [-0.39, 0.29) is 5.91 Å². The fourth-order valence-electron chi connectivity index (χ4n) is 1.09. The number of hydrogen-bond donors (Lipinski definition) is 2. The van der Waals surface area contributed by atoms with Crippen LogP contribution in [0, 0.1) is 0 Å². The minimum atomic E-state index is -0.101. The number of para-hydroxylation sites is 1. The molecule has 74 valence electrons. The van der Waals surface area contributed by atoms with E-state index < -0.39 is 0 Å². The fraction of sp³-hybridized carbons (Fsp3) is 0.182. The van der Waals surface area contributed by atoms with Gasteiger partial charge in [-0.15, -0.1) is 0 Å². The quantitative estimate of drug-likeness (QED) is 0.560. The molecule has 1 rings (SSSR count). The number of nitrogens with one attached hydrogen (secondary N) is 1. The monoisotopic (exact) mass is 190 g/mol. The smallest absolute Gasteiger partial charge is 0.243 e. The van der Waals surface area contributed by atoms with Gasteiger partial charge in [-0.25, -0.2) is 0 Å². The molecule has 0 aromatic heterocycles. The highest BCUT2D eigenvalue weighted by molar-refractivity contribution is 5.87. The minimum absolute atomic E-state index is 0.101. The number of anilines is 1. The maximum absolute atomic E-state index is 11.1. The van der Waals surface area contributed by atoms with Crippen LogP contribution in [-0.4, -0.2) is 5.91 Å². The van der Waals surface area contributed by atoms with E-state index >= 15 is 0 Å². The average molecular weight is 190 g/mol. The Labute approximate surface area is 83.6 Å². The Morgan fingerprint density at radius 3 is 2.86 bits per heavy atom. The molecule has 0 fully saturated rings. The molecule has 1 aromatic carbocycles. The maximum atomic E-state index is 11.1. The molecule has 0 bridgehead atoms. The van der Waals surface area contributed by atoms with Crippen LogP contribution >= 0.6 is 0 Å². The zero-order valence-electron chi connectivity index (χ0n) is 8.16. The molecule has 0 unspecified atom stereocenters. The largest absolute Gasteiger partial charge is 0.398 e. The molecule has 0 atom stereocenters. The van der Waals surface area contributed by atoms with Gasteiger partial charge in [-0.1, -0.05) is 24.3 Å². The summed E-state index contributed by atoms with van der Waals surface area (Å²) in [6.45, 7) is 2.27. The van der Waals surface area contributed by atoms with Crippen molar-refractivity contribution >= 4 is 11.6 Å². The summed E-state index contributed by atoms with van der Waals surface area (Å²) in [4.78, 5) is 11.1. The minimum Gasteiger partial charge on any atom is -0.398 e. The van der Waals surface area contributed by atoms with Gasteiger partial charge in [-0.3, -0.25) is 4.79 Å². The third-order valence-electron chi connectivity index (χ3n) is 1.83. The molecule has 1 amide bonds. The van der Waals surface area contributed by atoms with Gasteiger partial charge in [0, 0.05) is 12.2 Å². The average Bonchev–Trinajstić information content (AvgIpc) is 2.17. The lowest BCUT2D eigenvalue weighted by atomic mass is 10.2. The lowest BCUT2D eigenvalue weighted by Crippen LogP contribution is -2.20. The zero-order valence-corrected chi connectivity index (χ0v) is 8.16. The summed E-state index contributed by atoms with van der Waals surface area (Å²) in [5.41, 5.74) is 7.35. The highest BCUT2D eigenvalue weighted by Gasteiger charge is 1.98. The van der Waals surface area contributed by atoms with Gasteiger partial charge < -0.3 is 11.1 Å². The lowest BCUT2D eigenvalue weighted by molar-refractivity contribution is -0.116. The number of nitrogens with two attached hydrogens (primary N) is 1. The van der Waals surface area contributed by atoms with Crippen molar-refractivity contribution in [3.8, 4) is 0 Å². The van der Waals surface area contributed by atoms with Gasteiger partial charge in [-0.05, 0) is 24.6 Å². The van der Waals surface area contributed by atoms with E-state index in [1.54, 1.807) is 13.0 Å². The summed E-state index contributed by atoms with van der Waals surface area (Å²) >= 11 is 0. The lowest BCUT2D eigenvalue weighted by Gasteiger charge is -2.05. The van der Waals surface area contributed by atoms with Crippen molar-refractivity contribution in [3.05, 3.63) is 42.0 Å². The third-order valence-corrected chi connectivity index (χ3v) is 1.83. The van der Waals surface area contributed by atoms with Gasteiger partial charge in [0.15, 0.2) is 0 Å². The molecule has 0 saturated heterocycles. The second-order valence-corrected chi connectivity index (χ2v) is 2.92. The van der Waals surface area contributed by atoms with Gasteiger partial charge in [-0.2, -0.15) is 0 Å². The van der Waals surface area contributed by atoms with Crippen molar-refractivity contribution in [3.63, 3.8) is 0 Å². The Morgan fingerprint density at radius 1 is 1.50 bits per heavy atom. The highest BCUT2D eigenvalue weighted by Crippen LogP contribution is 2.09. The van der Waals surface area contributed by atoms with Crippen molar-refractivity contribution in [2.24, 2.45) is 0 Å². The van der Waals surface area contributed by atoms with E-state index in [1.807, 2.05) is 24.3 Å². The second-order valence-electron chi connectivity index (χ2n) is 2.92. The second kappa shape index (κ2) is 5.07. The standard InChI is InChI=1S/C11H14N2O/c1-2-5-11(14)13-8-9-6-3-4-7-10(9)12/h2-7H,8,12H2,1H3,(H,13,14)/b5-2+. The van der Waals surface area contributed by atoms with Crippen molar-refractivity contribution in [2.45, 2.75) is 13.5 Å². The predicted octanol–water partition coefficient (Wildman–Crippen LogP) is 1.46. The van der Waals surface area contributed by atoms with Crippen molar-refractivity contribution in [2.75, 3.05) is 5.73 Å². The molecule has 0 aliphatic rings. The molecule has 0 heterocycles. The summed E-state index contributed by atoms with van der Waals surface area (Å²) in [7, 11) is 0. The number of hydrogen-bond acceptors (Lipinski definition) is 2. The number of allylic oxidation sites excluding steroid dienone is 1. The number of nitrogen functional groups attached to an aromatic ring is 1. The van der Waals surface area contributed by atoms with Crippen LogP contribution in [0.2, 0.25) is 0 Å². The predicted molar refractivity (Wildman–Crippen MR) is 57.5 cm³/mol. The summed E-state index contributed by atoms with van der Waals surface area (Å²) in [5, 5.41) is 2.73. The first kappa shape index (κ1) is 10.3. The number of rotatable bonds is 3. The molecular weight excluding hydrogens is 176 g/mol. The Bertz CT molecular complexity index is 345. The Balaban J connectivity index is 2.54. The van der Waals surface area contributed by atoms with E-state index in [9.17, 15) is 4.79 Å². The van der Waals surface area contributed by atoms with Crippen LogP contribution in [0.3, 0.4) is 0 Å². The first-order valence-electron chi connectivity index (χ1n) is 4.48. The summed E-state index contributed by atoms with van der Waals surface area (Å²) in [5.74, 6) is -0.101. The van der Waals surface area contributed by atoms with Crippen LogP contribution in [-0.2, 0) is 11.3 Å². The SMILES string of the molecule is C/C=C/C(=O)NCc1ccccc1N. The van der Waals surface area contributed by atoms with E-state index in [2.05, 4.69) is 5.32 Å². The Hall–Kier alpha value is -1.77. The fourth-order valence-corrected chi connectivity index (χ4v) is 1.09. The summed E-state index contributed by atoms with van der Waals surface area (Å²) < 4.78 is 0. The van der Waals surface area contributed by atoms with E-state index in [0.717, 1.165) is 5.56 Å². The van der Waals surface area contributed by atoms with Crippen LogP contribution in [0.25, 0.3) is 0 Å². The van der Waals surface area contributed by atoms with Crippen LogP contribution < -0.4 is 11.1 Å². The van der Waals surface area contributed by atoms with Gasteiger partial charge in [0.2, 0.25) is 5.91 Å². The van der Waals surface area contributed by atoms with Crippen molar-refractivity contribution < 1.29 is 4.79 Å². The van der Waals surface area contributed by atoms with Gasteiger partial charge in [0.1, 0.15) is 0 Å². The van der Waals surface area contributed by atoms with Crippen LogP contribution in [0.15, 0.2) is 36.4 Å². The third kappa shape index (κ3) is 2.94. The number of carbonyl (C=O) groups excluding carboxylic acids is 1. The Kier molecular flexibility index (Phi) is 3.73. The van der Waals surface area contributed by atoms with E-state index in [4.69, 9.17) is 5.73 Å². The Morgan fingerprint density at radius 2 is 2.21 bits per heavy atom. The molecular formula is C11H14N2O. The normalized spacial score (nSPS) is 10.4. The van der Waals surface area contributed by atoms with Gasteiger partial charge in [0.05, 0.1) is 0 Å². The molecule has 3 heteroatoms. The molecule has 0 aliphatic heterocycles. The van der Waals surface area contributed by atoms with E-state index in [0.29, 0.717) is 12.2 Å². The van der Waals surface area contributed by atoms with E-state index in [1.165, 1.54) is 6.08 Å². The molecule has 0 saturated carbocycles. The summed E-state index contributed by atoms with van der Waals surface area (Å²) in [6, 6.07) is 7.47. The highest BCUT2D eigenvalue weighted by atomic mass is 16.1. The molecule has 14 heavy (non-hydrogen) atoms. The summed E-state index contributed by atoms with van der Waals surface area (Å²) in [6.07, 6.45) is 3.18. The van der Waals surface area contributed by atoms with Crippen LogP contribution in [0.1, 0.15) is 12.5 Å². The number of amides is 1. The molecule has 3 nitrogen and oxygen atoms in total. The molecule has 0 radical (unpaired) electrons. The number of benzene rings is 1. The molecule has 3 N–H and O–H groups in total. The topological polar surface area (TPSA) is 55.1 Å². The molecule has 0 aliphatic carbocycles.